The van der Waals surface area contributed by atoms with Gasteiger partial charge in [0, 0.05) is 48.3 Å². The van der Waals surface area contributed by atoms with Gasteiger partial charge < -0.3 is 14.5 Å². The second kappa shape index (κ2) is 9.67. The third-order valence-corrected chi connectivity index (χ3v) is 6.41. The number of carbonyl (C=O) groups excluding carboxylic acids is 2. The summed E-state index contributed by atoms with van der Waals surface area (Å²) in [6.07, 6.45) is 5.62. The molecule has 5 rings (SSSR count). The average Bonchev–Trinajstić information content (AvgIpc) is 3.53. The van der Waals surface area contributed by atoms with Crippen molar-refractivity contribution in [1.82, 2.24) is 10.2 Å². The summed E-state index contributed by atoms with van der Waals surface area (Å²) in [5, 5.41) is 5.63. The lowest BCUT2D eigenvalue weighted by Gasteiger charge is -2.23. The Morgan fingerprint density at radius 2 is 1.97 bits per heavy atom. The van der Waals surface area contributed by atoms with Gasteiger partial charge in [-0.3, -0.25) is 19.8 Å². The van der Waals surface area contributed by atoms with Crippen LogP contribution >= 0.6 is 0 Å². The Morgan fingerprint density at radius 3 is 2.74 bits per heavy atom. The summed E-state index contributed by atoms with van der Waals surface area (Å²) in [5.41, 5.74) is 4.32. The molecule has 0 unspecified atom stereocenters. The van der Waals surface area contributed by atoms with Crippen LogP contribution in [0.3, 0.4) is 0 Å². The molecule has 1 saturated heterocycles. The number of hydrogen-bond donors (Lipinski definition) is 2. The second-order valence-electron chi connectivity index (χ2n) is 8.64. The highest BCUT2D eigenvalue weighted by molar-refractivity contribution is 6.31. The van der Waals surface area contributed by atoms with Crippen molar-refractivity contribution in [2.24, 2.45) is 0 Å². The number of imide groups is 1. The van der Waals surface area contributed by atoms with Gasteiger partial charge in [-0.1, -0.05) is 18.2 Å². The molecule has 34 heavy (non-hydrogen) atoms. The van der Waals surface area contributed by atoms with Crippen molar-refractivity contribution in [2.75, 3.05) is 25.6 Å². The molecule has 7 heteroatoms. The number of nitrogens with one attached hydrogen (secondary N) is 2. The number of nitrogens with zero attached hydrogens (tertiary/aromatic N) is 1. The van der Waals surface area contributed by atoms with Crippen LogP contribution in [0.5, 0.6) is 0 Å². The van der Waals surface area contributed by atoms with E-state index in [1.807, 2.05) is 30.3 Å². The second-order valence-corrected chi connectivity index (χ2v) is 8.64. The largest absolute Gasteiger partial charge is 0.464 e. The molecular weight excluding hydrogens is 430 g/mol. The molecule has 0 bridgehead atoms. The molecule has 0 radical (unpaired) electrons. The number of amides is 2. The third-order valence-electron chi connectivity index (χ3n) is 6.41. The van der Waals surface area contributed by atoms with E-state index in [9.17, 15) is 9.59 Å². The first-order valence-electron chi connectivity index (χ1n) is 11.4. The van der Waals surface area contributed by atoms with Gasteiger partial charge in [-0.15, -0.1) is 0 Å². The number of anilines is 1. The lowest BCUT2D eigenvalue weighted by Crippen LogP contribution is -2.36. The molecule has 2 N–H and O–H groups in total. The Morgan fingerprint density at radius 1 is 1.12 bits per heavy atom. The minimum Gasteiger partial charge on any atom is -0.464 e. The number of hydrogen-bond acceptors (Lipinski definition) is 6. The molecule has 1 aromatic heterocycles. The normalized spacial score (nSPS) is 19.3. The fourth-order valence-electron chi connectivity index (χ4n) is 4.65. The Labute approximate surface area is 198 Å². The Bertz CT molecular complexity index is 1220. The smallest absolute Gasteiger partial charge is 0.260 e. The van der Waals surface area contributed by atoms with Gasteiger partial charge in [-0.2, -0.15) is 0 Å². The van der Waals surface area contributed by atoms with Gasteiger partial charge >= 0.3 is 0 Å². The highest BCUT2D eigenvalue weighted by atomic mass is 16.5. The summed E-state index contributed by atoms with van der Waals surface area (Å²) >= 11 is 0. The maximum atomic E-state index is 12.6. The maximum Gasteiger partial charge on any atom is 0.260 e. The van der Waals surface area contributed by atoms with Crippen molar-refractivity contribution in [3.63, 3.8) is 0 Å². The van der Waals surface area contributed by atoms with Crippen molar-refractivity contribution in [3.05, 3.63) is 83.8 Å². The van der Waals surface area contributed by atoms with Gasteiger partial charge in [0.25, 0.3) is 11.8 Å². The van der Waals surface area contributed by atoms with E-state index in [2.05, 4.69) is 27.7 Å². The quantitative estimate of drug-likeness (QED) is 0.407. The summed E-state index contributed by atoms with van der Waals surface area (Å²) in [5.74, 6) is -0.160. The van der Waals surface area contributed by atoms with E-state index in [1.54, 1.807) is 31.7 Å². The Kier molecular flexibility index (Phi) is 6.29. The molecule has 2 aliphatic heterocycles. The first-order chi connectivity index (χ1) is 16.6. The van der Waals surface area contributed by atoms with E-state index in [0.717, 1.165) is 30.9 Å². The van der Waals surface area contributed by atoms with Crippen LogP contribution in [0.25, 0.3) is 16.9 Å². The van der Waals surface area contributed by atoms with Crippen LogP contribution < -0.4 is 10.6 Å². The molecule has 1 atom stereocenters. The number of fused-ring (bicyclic) bond motifs is 1. The molecule has 174 valence electrons. The highest BCUT2D eigenvalue weighted by Gasteiger charge is 2.28. The van der Waals surface area contributed by atoms with Crippen LogP contribution in [-0.2, 0) is 16.1 Å². The molecule has 0 saturated carbocycles. The SMILES string of the molecule is COC[C@@H]1CCCN1Cc1ccc(NC=C2C(=O)NC(=O)c3ccc(-c4ccco4)cc32)cc1. The van der Waals surface area contributed by atoms with Crippen molar-refractivity contribution >= 4 is 23.1 Å². The number of furan rings is 1. The van der Waals surface area contributed by atoms with Gasteiger partial charge in [0.2, 0.25) is 0 Å². The molecule has 0 spiro atoms. The number of likely N-dealkylation sites (tertiary alicyclic amines) is 1. The number of ether oxygens (including phenoxy) is 1. The van der Waals surface area contributed by atoms with Gasteiger partial charge in [0.05, 0.1) is 18.4 Å². The Balaban J connectivity index is 1.34. The van der Waals surface area contributed by atoms with Gasteiger partial charge in [-0.05, 0) is 61.3 Å². The summed E-state index contributed by atoms with van der Waals surface area (Å²) in [7, 11) is 1.75. The van der Waals surface area contributed by atoms with E-state index in [1.165, 1.54) is 18.4 Å². The van der Waals surface area contributed by atoms with Crippen LogP contribution in [0.4, 0.5) is 5.69 Å². The fourth-order valence-corrected chi connectivity index (χ4v) is 4.65. The fraction of sp³-hybridized carbons (Fsp3) is 0.259. The summed E-state index contributed by atoms with van der Waals surface area (Å²) in [6, 6.07) is 17.7. The zero-order valence-corrected chi connectivity index (χ0v) is 19.0. The lowest BCUT2D eigenvalue weighted by atomic mass is 9.93. The van der Waals surface area contributed by atoms with Crippen LogP contribution in [0.1, 0.15) is 34.3 Å². The first kappa shape index (κ1) is 22.1. The topological polar surface area (TPSA) is 83.8 Å². The zero-order chi connectivity index (χ0) is 23.5. The van der Waals surface area contributed by atoms with Crippen molar-refractivity contribution in [1.29, 1.82) is 0 Å². The van der Waals surface area contributed by atoms with Crippen molar-refractivity contribution in [3.8, 4) is 11.3 Å². The minimum absolute atomic E-state index is 0.395. The van der Waals surface area contributed by atoms with Crippen molar-refractivity contribution < 1.29 is 18.7 Å². The monoisotopic (exact) mass is 457 g/mol. The number of rotatable bonds is 7. The highest BCUT2D eigenvalue weighted by Crippen LogP contribution is 2.30. The lowest BCUT2D eigenvalue weighted by molar-refractivity contribution is -0.114. The molecule has 2 amide bonds. The first-order valence-corrected chi connectivity index (χ1v) is 11.4. The van der Waals surface area contributed by atoms with E-state index in [0.29, 0.717) is 28.5 Å². The van der Waals surface area contributed by atoms with Crippen LogP contribution in [-0.4, -0.2) is 43.0 Å². The molecular formula is C27H27N3O4. The van der Waals surface area contributed by atoms with E-state index < -0.39 is 11.8 Å². The van der Waals surface area contributed by atoms with Crippen molar-refractivity contribution in [2.45, 2.75) is 25.4 Å². The van der Waals surface area contributed by atoms with Crippen LogP contribution in [0, 0.1) is 0 Å². The predicted octanol–water partition coefficient (Wildman–Crippen LogP) is 4.28. The number of methoxy groups -OCH3 is 1. The molecule has 3 aromatic rings. The number of benzene rings is 2. The summed E-state index contributed by atoms with van der Waals surface area (Å²) < 4.78 is 10.8. The molecule has 2 aromatic carbocycles. The number of carbonyl (C=O) groups is 2. The standard InChI is InChI=1S/C27H27N3O4/c1-33-17-21-4-2-12-30(21)16-18-6-9-20(10-7-18)28-15-24-23-14-19(25-5-3-13-34-25)8-11-22(23)26(31)29-27(24)32/h3,5-11,13-15,21,28H,2,4,12,16-17H2,1H3,(H,29,31,32)/t21-/m0/s1. The molecule has 3 heterocycles. The van der Waals surface area contributed by atoms with E-state index >= 15 is 0 Å². The molecule has 7 nitrogen and oxygen atoms in total. The van der Waals surface area contributed by atoms with E-state index in [-0.39, 0.29) is 0 Å². The van der Waals surface area contributed by atoms with Gasteiger partial charge in [0.15, 0.2) is 0 Å². The predicted molar refractivity (Wildman–Crippen MR) is 130 cm³/mol. The molecule has 2 aliphatic rings. The zero-order valence-electron chi connectivity index (χ0n) is 19.0. The van der Waals surface area contributed by atoms with Gasteiger partial charge in [0.1, 0.15) is 5.76 Å². The molecule has 0 aliphatic carbocycles. The minimum atomic E-state index is -0.434. The van der Waals surface area contributed by atoms with E-state index in [4.69, 9.17) is 9.15 Å². The summed E-state index contributed by atoms with van der Waals surface area (Å²) in [4.78, 5) is 27.4. The van der Waals surface area contributed by atoms with Gasteiger partial charge in [-0.25, -0.2) is 0 Å². The molecule has 1 fully saturated rings. The average molecular weight is 458 g/mol. The van der Waals surface area contributed by atoms with Crippen LogP contribution in [0.15, 0.2) is 71.5 Å². The Hall–Kier alpha value is -3.68. The summed E-state index contributed by atoms with van der Waals surface area (Å²) in [6.45, 7) is 2.75. The third kappa shape index (κ3) is 4.53. The maximum absolute atomic E-state index is 12.6. The van der Waals surface area contributed by atoms with Crippen LogP contribution in [0.2, 0.25) is 0 Å².